The van der Waals surface area contributed by atoms with Gasteiger partial charge in [-0.2, -0.15) is 10.2 Å². The van der Waals surface area contributed by atoms with Gasteiger partial charge in [0.15, 0.2) is 5.82 Å². The lowest BCUT2D eigenvalue weighted by Gasteiger charge is -2.30. The largest absolute Gasteiger partial charge is 0.379 e. The highest BCUT2D eigenvalue weighted by atomic mass is 16.5. The van der Waals surface area contributed by atoms with E-state index < -0.39 is 0 Å². The molecule has 10 heteroatoms. The van der Waals surface area contributed by atoms with Crippen LogP contribution in [0.15, 0.2) is 49.1 Å². The molecule has 1 N–H and O–H groups in total. The molecule has 4 aromatic heterocycles. The molecule has 1 atom stereocenters. The smallest absolute Gasteiger partial charge is 0.154 e. The standard InChI is InChI=1S/C29H36N8O2/c1-20(2)22-12-29(35-31-14-22)34-28-6-5-26-27(33-28)11-23(13-30-26)24-15-32-37(16-24)18-25(39-19-21-3-4-21)17-36-7-9-38-10-8-36/h5-6,11-16,20-21,25H,3-4,7-10,17-19H2,1-2H3,(H,33,34,35). The van der Waals surface area contributed by atoms with Crippen LogP contribution in [0.5, 0.6) is 0 Å². The maximum absolute atomic E-state index is 6.35. The molecule has 0 radical (unpaired) electrons. The Hall–Kier alpha value is -3.47. The van der Waals surface area contributed by atoms with Gasteiger partial charge < -0.3 is 14.8 Å². The lowest BCUT2D eigenvalue weighted by molar-refractivity contribution is -0.0218. The quantitative estimate of drug-likeness (QED) is 0.306. The average Bonchev–Trinajstić information content (AvgIpc) is 3.68. The lowest BCUT2D eigenvalue weighted by atomic mass is 10.1. The van der Waals surface area contributed by atoms with Crippen LogP contribution < -0.4 is 5.32 Å². The van der Waals surface area contributed by atoms with Crippen molar-refractivity contribution in [2.45, 2.75) is 45.3 Å². The van der Waals surface area contributed by atoms with Gasteiger partial charge in [-0.05, 0) is 54.5 Å². The zero-order valence-corrected chi connectivity index (χ0v) is 22.7. The summed E-state index contributed by atoms with van der Waals surface area (Å²) in [6.07, 6.45) is 10.3. The number of nitrogens with zero attached hydrogens (tertiary/aromatic N) is 7. The van der Waals surface area contributed by atoms with Crippen LogP contribution in [0, 0.1) is 5.92 Å². The summed E-state index contributed by atoms with van der Waals surface area (Å²) in [4.78, 5) is 11.9. The predicted octanol–water partition coefficient (Wildman–Crippen LogP) is 4.28. The second-order valence-electron chi connectivity index (χ2n) is 10.9. The molecule has 1 aliphatic heterocycles. The first-order valence-corrected chi connectivity index (χ1v) is 13.9. The number of aromatic nitrogens is 6. The zero-order chi connectivity index (χ0) is 26.6. The third kappa shape index (κ3) is 6.76. The maximum Gasteiger partial charge on any atom is 0.154 e. The monoisotopic (exact) mass is 528 g/mol. The first-order valence-electron chi connectivity index (χ1n) is 13.9. The normalized spacial score (nSPS) is 17.1. The summed E-state index contributed by atoms with van der Waals surface area (Å²) in [7, 11) is 0. The average molecular weight is 529 g/mol. The van der Waals surface area contributed by atoms with Crippen molar-refractivity contribution in [2.75, 3.05) is 44.8 Å². The van der Waals surface area contributed by atoms with Gasteiger partial charge in [0, 0.05) is 49.8 Å². The highest BCUT2D eigenvalue weighted by molar-refractivity contribution is 5.81. The van der Waals surface area contributed by atoms with Crippen molar-refractivity contribution in [1.82, 2.24) is 34.8 Å². The number of morpholine rings is 1. The number of rotatable bonds is 11. The molecule has 5 heterocycles. The Morgan fingerprint density at radius 1 is 1.00 bits per heavy atom. The van der Waals surface area contributed by atoms with Gasteiger partial charge in [0.1, 0.15) is 5.82 Å². The van der Waals surface area contributed by atoms with Crippen molar-refractivity contribution in [1.29, 1.82) is 0 Å². The fourth-order valence-electron chi connectivity index (χ4n) is 4.74. The highest BCUT2D eigenvalue weighted by Gasteiger charge is 2.25. The number of fused-ring (bicyclic) bond motifs is 1. The molecule has 2 aliphatic rings. The molecule has 0 spiro atoms. The van der Waals surface area contributed by atoms with Crippen LogP contribution in [0.1, 0.15) is 38.2 Å². The molecule has 0 aromatic carbocycles. The Kier molecular flexibility index (Phi) is 7.76. The Bertz CT molecular complexity index is 1400. The maximum atomic E-state index is 6.35. The Balaban J connectivity index is 1.16. The van der Waals surface area contributed by atoms with Gasteiger partial charge in [-0.3, -0.25) is 14.6 Å². The lowest BCUT2D eigenvalue weighted by Crippen LogP contribution is -2.43. The second kappa shape index (κ2) is 11.7. The van der Waals surface area contributed by atoms with Crippen molar-refractivity contribution in [2.24, 2.45) is 5.92 Å². The minimum absolute atomic E-state index is 0.0961. The number of anilines is 2. The fraction of sp³-hybridized carbons (Fsp3) is 0.483. The minimum Gasteiger partial charge on any atom is -0.379 e. The summed E-state index contributed by atoms with van der Waals surface area (Å²) in [5.41, 5.74) is 4.74. The van der Waals surface area contributed by atoms with Crippen LogP contribution >= 0.6 is 0 Å². The van der Waals surface area contributed by atoms with Crippen LogP contribution in [0.3, 0.4) is 0 Å². The van der Waals surface area contributed by atoms with Gasteiger partial charge in [0.25, 0.3) is 0 Å². The molecule has 1 unspecified atom stereocenters. The molecule has 6 rings (SSSR count). The topological polar surface area (TPSA) is 103 Å². The van der Waals surface area contributed by atoms with Crippen molar-refractivity contribution in [3.63, 3.8) is 0 Å². The van der Waals surface area contributed by atoms with E-state index in [-0.39, 0.29) is 6.10 Å². The Morgan fingerprint density at radius 2 is 1.87 bits per heavy atom. The third-order valence-corrected chi connectivity index (χ3v) is 7.32. The molecule has 10 nitrogen and oxygen atoms in total. The number of nitrogens with one attached hydrogen (secondary N) is 1. The van der Waals surface area contributed by atoms with E-state index in [4.69, 9.17) is 14.5 Å². The fourth-order valence-corrected chi connectivity index (χ4v) is 4.74. The zero-order valence-electron chi connectivity index (χ0n) is 22.7. The molecule has 0 amide bonds. The molecule has 2 fully saturated rings. The minimum atomic E-state index is 0.0961. The molecule has 1 aliphatic carbocycles. The molecule has 4 aromatic rings. The van der Waals surface area contributed by atoms with Crippen molar-refractivity contribution in [3.8, 4) is 11.1 Å². The molecule has 1 saturated carbocycles. The first-order chi connectivity index (χ1) is 19.1. The van der Waals surface area contributed by atoms with Gasteiger partial charge >= 0.3 is 0 Å². The number of pyridine rings is 2. The van der Waals surface area contributed by atoms with Gasteiger partial charge in [0.2, 0.25) is 0 Å². The summed E-state index contributed by atoms with van der Waals surface area (Å²) in [5.74, 6) is 2.48. The summed E-state index contributed by atoms with van der Waals surface area (Å²) in [5, 5.41) is 16.3. The van der Waals surface area contributed by atoms with Gasteiger partial charge in [-0.25, -0.2) is 4.98 Å². The molecule has 204 valence electrons. The summed E-state index contributed by atoms with van der Waals surface area (Å²) in [6.45, 7) is 10.2. The third-order valence-electron chi connectivity index (χ3n) is 7.32. The first kappa shape index (κ1) is 25.8. The van der Waals surface area contributed by atoms with E-state index in [9.17, 15) is 0 Å². The van der Waals surface area contributed by atoms with E-state index in [0.29, 0.717) is 24.1 Å². The van der Waals surface area contributed by atoms with E-state index in [1.165, 1.54) is 12.8 Å². The molecular formula is C29H36N8O2. The number of hydrogen-bond acceptors (Lipinski definition) is 9. The van der Waals surface area contributed by atoms with E-state index in [0.717, 1.165) is 73.1 Å². The van der Waals surface area contributed by atoms with Crippen LogP contribution in [0.2, 0.25) is 0 Å². The van der Waals surface area contributed by atoms with Crippen molar-refractivity contribution in [3.05, 3.63) is 54.6 Å². The van der Waals surface area contributed by atoms with Crippen LogP contribution in [-0.4, -0.2) is 80.4 Å². The summed E-state index contributed by atoms with van der Waals surface area (Å²) < 4.78 is 13.9. The van der Waals surface area contributed by atoms with Gasteiger partial charge in [-0.15, -0.1) is 5.10 Å². The number of hydrogen-bond donors (Lipinski definition) is 1. The SMILES string of the molecule is CC(C)c1cnnc(Nc2ccc3ncc(-c4cnn(CC(CN5CCOCC5)OCC5CC5)c4)cc3n2)c1. The van der Waals surface area contributed by atoms with Gasteiger partial charge in [-0.1, -0.05) is 13.8 Å². The summed E-state index contributed by atoms with van der Waals surface area (Å²) >= 11 is 0. The second-order valence-corrected chi connectivity index (χ2v) is 10.9. The van der Waals surface area contributed by atoms with E-state index in [2.05, 4.69) is 56.6 Å². The summed E-state index contributed by atoms with van der Waals surface area (Å²) in [6, 6.07) is 7.94. The Morgan fingerprint density at radius 3 is 2.69 bits per heavy atom. The Labute approximate surface area is 228 Å². The predicted molar refractivity (Wildman–Crippen MR) is 150 cm³/mol. The van der Waals surface area contributed by atoms with E-state index in [1.54, 1.807) is 6.20 Å². The molecule has 1 saturated heterocycles. The highest BCUT2D eigenvalue weighted by Crippen LogP contribution is 2.29. The van der Waals surface area contributed by atoms with Crippen LogP contribution in [0.4, 0.5) is 11.6 Å². The van der Waals surface area contributed by atoms with Crippen LogP contribution in [-0.2, 0) is 16.0 Å². The van der Waals surface area contributed by atoms with Crippen LogP contribution in [0.25, 0.3) is 22.2 Å². The molecule has 0 bridgehead atoms. The van der Waals surface area contributed by atoms with Gasteiger partial charge in [0.05, 0.1) is 49.3 Å². The molecular weight excluding hydrogens is 492 g/mol. The van der Waals surface area contributed by atoms with Crippen molar-refractivity contribution < 1.29 is 9.47 Å². The van der Waals surface area contributed by atoms with E-state index in [1.807, 2.05) is 35.3 Å². The van der Waals surface area contributed by atoms with E-state index >= 15 is 0 Å². The number of ether oxygens (including phenoxy) is 2. The van der Waals surface area contributed by atoms with Crippen molar-refractivity contribution >= 4 is 22.7 Å². The molecule has 39 heavy (non-hydrogen) atoms.